The molecule has 0 spiro atoms. The highest BCUT2D eigenvalue weighted by Gasteiger charge is 2.34. The first-order valence-electron chi connectivity index (χ1n) is 7.55. The average Bonchev–Trinajstić information content (AvgIpc) is 2.59. The molecule has 134 valence electrons. The molecule has 7 heteroatoms. The minimum absolute atomic E-state index is 0.0578. The predicted molar refractivity (Wildman–Crippen MR) is 88.2 cm³/mol. The lowest BCUT2D eigenvalue weighted by Gasteiger charge is -2.15. The van der Waals surface area contributed by atoms with Crippen LogP contribution in [-0.2, 0) is 20.4 Å². The Morgan fingerprint density at radius 3 is 2.44 bits per heavy atom. The summed E-state index contributed by atoms with van der Waals surface area (Å²) in [6.45, 7) is 0.299. The van der Waals surface area contributed by atoms with E-state index >= 15 is 0 Å². The van der Waals surface area contributed by atoms with Gasteiger partial charge in [-0.1, -0.05) is 36.4 Å². The van der Waals surface area contributed by atoms with E-state index in [9.17, 15) is 18.0 Å². The Kier molecular flexibility index (Phi) is 6.55. The fourth-order valence-electron chi connectivity index (χ4n) is 2.23. The van der Waals surface area contributed by atoms with Gasteiger partial charge in [-0.25, -0.2) is 0 Å². The molecular weight excluding hydrogens is 335 g/mol. The molecule has 0 radical (unpaired) electrons. The summed E-state index contributed by atoms with van der Waals surface area (Å²) in [5.74, 6) is -0.531. The maximum absolute atomic E-state index is 13.4. The third-order valence-electron chi connectivity index (χ3n) is 3.36. The Bertz CT molecular complexity index is 702. The van der Waals surface area contributed by atoms with Gasteiger partial charge >= 0.3 is 6.18 Å². The maximum atomic E-state index is 13.4. The number of hydrogen-bond donors (Lipinski definition) is 1. The second-order valence-corrected chi connectivity index (χ2v) is 5.22. The molecule has 0 fully saturated rings. The molecule has 0 aliphatic heterocycles. The number of anilines is 1. The van der Waals surface area contributed by atoms with Crippen LogP contribution in [0.1, 0.15) is 5.56 Å². The van der Waals surface area contributed by atoms with E-state index < -0.39 is 17.6 Å². The number of carbonyl (C=O) groups is 1. The van der Waals surface area contributed by atoms with Gasteiger partial charge in [0.2, 0.25) is 5.91 Å². The predicted octanol–water partition coefficient (Wildman–Crippen LogP) is 3.97. The van der Waals surface area contributed by atoms with Gasteiger partial charge in [0.1, 0.15) is 6.61 Å². The summed E-state index contributed by atoms with van der Waals surface area (Å²) >= 11 is 0. The van der Waals surface area contributed by atoms with Gasteiger partial charge in [-0.3, -0.25) is 4.79 Å². The quantitative estimate of drug-likeness (QED) is 0.766. The number of halogens is 3. The molecule has 2 rings (SSSR count). The molecule has 1 amide bonds. The van der Waals surface area contributed by atoms with E-state index in [1.807, 2.05) is 0 Å². The number of hydrogen-bond acceptors (Lipinski definition) is 3. The van der Waals surface area contributed by atoms with Gasteiger partial charge in [0.25, 0.3) is 0 Å². The second kappa shape index (κ2) is 8.64. The zero-order valence-corrected chi connectivity index (χ0v) is 13.6. The monoisotopic (exact) mass is 353 g/mol. The van der Waals surface area contributed by atoms with E-state index in [2.05, 4.69) is 5.32 Å². The van der Waals surface area contributed by atoms with E-state index in [1.165, 1.54) is 19.2 Å². The molecule has 0 heterocycles. The van der Waals surface area contributed by atoms with E-state index in [0.717, 1.165) is 6.07 Å². The maximum Gasteiger partial charge on any atom is 0.417 e. The van der Waals surface area contributed by atoms with Crippen LogP contribution in [0.5, 0.6) is 0 Å². The van der Waals surface area contributed by atoms with Crippen LogP contribution in [0.3, 0.4) is 0 Å². The van der Waals surface area contributed by atoms with Crippen molar-refractivity contribution in [3.63, 3.8) is 0 Å². The molecule has 2 aromatic carbocycles. The number of alkyl halides is 3. The summed E-state index contributed by atoms with van der Waals surface area (Å²) in [5.41, 5.74) is -0.234. The zero-order valence-electron chi connectivity index (χ0n) is 13.6. The lowest BCUT2D eigenvalue weighted by Crippen LogP contribution is -2.20. The number of ether oxygens (including phenoxy) is 2. The molecule has 0 unspecified atom stereocenters. The van der Waals surface area contributed by atoms with Gasteiger partial charge in [-0.2, -0.15) is 13.2 Å². The largest absolute Gasteiger partial charge is 0.417 e. The molecule has 4 nitrogen and oxygen atoms in total. The van der Waals surface area contributed by atoms with Crippen LogP contribution in [0.2, 0.25) is 0 Å². The summed E-state index contributed by atoms with van der Waals surface area (Å²) < 4.78 is 50.0. The van der Waals surface area contributed by atoms with Gasteiger partial charge in [0.15, 0.2) is 0 Å². The second-order valence-electron chi connectivity index (χ2n) is 5.22. The van der Waals surface area contributed by atoms with Crippen molar-refractivity contribution in [1.82, 2.24) is 0 Å². The number of benzene rings is 2. The molecule has 1 N–H and O–H groups in total. The summed E-state index contributed by atoms with van der Waals surface area (Å²) in [6, 6.07) is 12.0. The molecule has 0 aliphatic rings. The molecule has 25 heavy (non-hydrogen) atoms. The van der Waals surface area contributed by atoms with Crippen LogP contribution in [-0.4, -0.2) is 32.8 Å². The molecule has 0 aliphatic carbocycles. The van der Waals surface area contributed by atoms with Gasteiger partial charge < -0.3 is 14.8 Å². The SMILES string of the molecule is COCCOCC(=O)Nc1ccc(-c2ccccc2)c(C(F)(F)F)c1. The Labute approximate surface area is 143 Å². The van der Waals surface area contributed by atoms with Crippen LogP contribution in [0, 0.1) is 0 Å². The van der Waals surface area contributed by atoms with Gasteiger partial charge in [0.05, 0.1) is 18.8 Å². The van der Waals surface area contributed by atoms with Crippen LogP contribution in [0.4, 0.5) is 18.9 Å². The summed E-state index contributed by atoms with van der Waals surface area (Å²) in [6.07, 6.45) is -4.54. The van der Waals surface area contributed by atoms with Crippen molar-refractivity contribution in [1.29, 1.82) is 0 Å². The number of nitrogens with one attached hydrogen (secondary N) is 1. The van der Waals surface area contributed by atoms with Crippen LogP contribution < -0.4 is 5.32 Å². The van der Waals surface area contributed by atoms with Crippen LogP contribution in [0.25, 0.3) is 11.1 Å². The van der Waals surface area contributed by atoms with Crippen molar-refractivity contribution in [2.24, 2.45) is 0 Å². The van der Waals surface area contributed by atoms with Crippen molar-refractivity contribution in [2.45, 2.75) is 6.18 Å². The highest BCUT2D eigenvalue weighted by Crippen LogP contribution is 2.38. The first kappa shape index (κ1) is 19.0. The fraction of sp³-hybridized carbons (Fsp3) is 0.278. The first-order chi connectivity index (χ1) is 11.9. The molecule has 2 aromatic rings. The molecule has 0 atom stereocenters. The zero-order chi connectivity index (χ0) is 18.3. The van der Waals surface area contributed by atoms with E-state index in [-0.39, 0.29) is 24.5 Å². The Morgan fingerprint density at radius 2 is 1.80 bits per heavy atom. The lowest BCUT2D eigenvalue weighted by molar-refractivity contribution is -0.137. The molecule has 0 bridgehead atoms. The Balaban J connectivity index is 2.18. The van der Waals surface area contributed by atoms with Gasteiger partial charge in [-0.15, -0.1) is 0 Å². The van der Waals surface area contributed by atoms with E-state index in [1.54, 1.807) is 30.3 Å². The Hall–Kier alpha value is -2.38. The molecular formula is C18H18F3NO3. The number of amides is 1. The third-order valence-corrected chi connectivity index (χ3v) is 3.36. The minimum Gasteiger partial charge on any atom is -0.382 e. The normalized spacial score (nSPS) is 11.4. The number of rotatable bonds is 7. The average molecular weight is 353 g/mol. The van der Waals surface area contributed by atoms with Crippen LogP contribution in [0.15, 0.2) is 48.5 Å². The summed E-state index contributed by atoms with van der Waals surface area (Å²) in [5, 5.41) is 2.41. The van der Waals surface area contributed by atoms with E-state index in [0.29, 0.717) is 12.2 Å². The lowest BCUT2D eigenvalue weighted by atomic mass is 9.98. The molecule has 0 aromatic heterocycles. The van der Waals surface area contributed by atoms with Crippen molar-refractivity contribution in [3.8, 4) is 11.1 Å². The minimum atomic E-state index is -4.54. The fourth-order valence-corrected chi connectivity index (χ4v) is 2.23. The van der Waals surface area contributed by atoms with Crippen molar-refractivity contribution >= 4 is 11.6 Å². The first-order valence-corrected chi connectivity index (χ1v) is 7.55. The van der Waals surface area contributed by atoms with Gasteiger partial charge in [0, 0.05) is 12.8 Å². The van der Waals surface area contributed by atoms with E-state index in [4.69, 9.17) is 9.47 Å². The standard InChI is InChI=1S/C18H18F3NO3/c1-24-9-10-25-12-17(23)22-14-7-8-15(13-5-3-2-4-6-13)16(11-14)18(19,20)21/h2-8,11H,9-10,12H2,1H3,(H,22,23). The summed E-state index contributed by atoms with van der Waals surface area (Å²) in [4.78, 5) is 11.7. The van der Waals surface area contributed by atoms with Crippen molar-refractivity contribution < 1.29 is 27.4 Å². The third kappa shape index (κ3) is 5.58. The van der Waals surface area contributed by atoms with Crippen molar-refractivity contribution in [3.05, 3.63) is 54.1 Å². The smallest absolute Gasteiger partial charge is 0.382 e. The summed E-state index contributed by atoms with van der Waals surface area (Å²) in [7, 11) is 1.50. The highest BCUT2D eigenvalue weighted by molar-refractivity contribution is 5.92. The Morgan fingerprint density at radius 1 is 1.08 bits per heavy atom. The highest BCUT2D eigenvalue weighted by atomic mass is 19.4. The molecule has 0 saturated heterocycles. The van der Waals surface area contributed by atoms with Crippen molar-refractivity contribution in [2.75, 3.05) is 32.2 Å². The number of methoxy groups -OCH3 is 1. The van der Waals surface area contributed by atoms with Crippen LogP contribution >= 0.6 is 0 Å². The number of carbonyl (C=O) groups excluding carboxylic acids is 1. The topological polar surface area (TPSA) is 47.6 Å². The van der Waals surface area contributed by atoms with Gasteiger partial charge in [-0.05, 0) is 23.3 Å². The molecule has 0 saturated carbocycles.